The summed E-state index contributed by atoms with van der Waals surface area (Å²) >= 11 is 5.02. The highest BCUT2D eigenvalue weighted by molar-refractivity contribution is 7.80. The molecule has 0 unspecified atom stereocenters. The first-order chi connectivity index (χ1) is 8.37. The summed E-state index contributed by atoms with van der Waals surface area (Å²) in [5, 5.41) is 0. The monoisotopic (exact) mass is 266 g/mol. The molecule has 1 fully saturated rings. The summed E-state index contributed by atoms with van der Waals surface area (Å²) in [6.45, 7) is 7.30. The molecule has 1 aromatic carbocycles. The zero-order valence-electron chi connectivity index (χ0n) is 10.9. The molecule has 1 aromatic rings. The molecule has 2 rings (SSSR count). The van der Waals surface area contributed by atoms with Crippen molar-refractivity contribution in [3.05, 3.63) is 35.1 Å². The largest absolute Gasteiger partial charge is 0.389 e. The van der Waals surface area contributed by atoms with Gasteiger partial charge in [-0.2, -0.15) is 0 Å². The molecule has 98 valence electrons. The Morgan fingerprint density at radius 3 is 2.78 bits per heavy atom. The molecule has 18 heavy (non-hydrogen) atoms. The molecule has 0 spiro atoms. The van der Waals surface area contributed by atoms with E-state index in [0.29, 0.717) is 16.9 Å². The number of rotatable bonds is 3. The van der Waals surface area contributed by atoms with E-state index in [4.69, 9.17) is 18.0 Å². The Bertz CT molecular complexity index is 471. The number of benzene rings is 1. The van der Waals surface area contributed by atoms with Crippen LogP contribution in [0.4, 0.5) is 4.39 Å². The Kier molecular flexibility index (Phi) is 3.69. The van der Waals surface area contributed by atoms with Crippen LogP contribution in [0.25, 0.3) is 0 Å². The van der Waals surface area contributed by atoms with Gasteiger partial charge in [-0.05, 0) is 42.1 Å². The molecule has 0 atom stereocenters. The summed E-state index contributed by atoms with van der Waals surface area (Å²) in [5.74, 6) is -0.233. The van der Waals surface area contributed by atoms with Crippen molar-refractivity contribution in [1.29, 1.82) is 0 Å². The normalized spacial score (nSPS) is 19.1. The number of nitrogens with two attached hydrogens (primary N) is 1. The van der Waals surface area contributed by atoms with Gasteiger partial charge in [-0.15, -0.1) is 0 Å². The third-order valence-corrected chi connectivity index (χ3v) is 3.70. The minimum absolute atomic E-state index is 0.233. The van der Waals surface area contributed by atoms with E-state index < -0.39 is 0 Å². The van der Waals surface area contributed by atoms with E-state index in [-0.39, 0.29) is 5.82 Å². The lowest BCUT2D eigenvalue weighted by Gasteiger charge is -2.20. The Hall–Kier alpha value is -1.00. The van der Waals surface area contributed by atoms with E-state index in [0.717, 1.165) is 24.2 Å². The minimum Gasteiger partial charge on any atom is -0.389 e. The molecule has 4 heteroatoms. The molecule has 0 saturated carbocycles. The lowest BCUT2D eigenvalue weighted by atomic mass is 9.93. The van der Waals surface area contributed by atoms with Crippen molar-refractivity contribution in [2.75, 3.05) is 13.1 Å². The third kappa shape index (κ3) is 3.06. The number of hydrogen-bond acceptors (Lipinski definition) is 2. The molecule has 0 aliphatic carbocycles. The molecule has 0 aromatic heterocycles. The van der Waals surface area contributed by atoms with Gasteiger partial charge in [0.25, 0.3) is 0 Å². The molecular weight excluding hydrogens is 247 g/mol. The zero-order chi connectivity index (χ0) is 13.3. The van der Waals surface area contributed by atoms with Crippen LogP contribution in [0.2, 0.25) is 0 Å². The minimum atomic E-state index is -0.233. The fraction of sp³-hybridized carbons (Fsp3) is 0.500. The maximum atomic E-state index is 13.3. The standard InChI is InChI=1S/C14H19FN2S/c1-14(2)5-6-17(9-14)8-10-7-11(15)3-4-12(10)13(16)18/h3-4,7H,5-6,8-9H2,1-2H3,(H2,16,18). The van der Waals surface area contributed by atoms with Gasteiger partial charge in [0.2, 0.25) is 0 Å². The van der Waals surface area contributed by atoms with Gasteiger partial charge in [0, 0.05) is 18.7 Å². The summed E-state index contributed by atoms with van der Waals surface area (Å²) in [7, 11) is 0. The number of halogens is 1. The van der Waals surface area contributed by atoms with Crippen molar-refractivity contribution < 1.29 is 4.39 Å². The van der Waals surface area contributed by atoms with Crippen molar-refractivity contribution in [2.45, 2.75) is 26.8 Å². The average Bonchev–Trinajstić information content (AvgIpc) is 2.57. The first-order valence-corrected chi connectivity index (χ1v) is 6.59. The van der Waals surface area contributed by atoms with E-state index in [2.05, 4.69) is 18.7 Å². The lowest BCUT2D eigenvalue weighted by molar-refractivity contribution is 0.284. The second-order valence-corrected chi connectivity index (χ2v) is 6.23. The van der Waals surface area contributed by atoms with Crippen molar-refractivity contribution in [3.8, 4) is 0 Å². The van der Waals surface area contributed by atoms with Crippen LogP contribution in [0, 0.1) is 11.2 Å². The first-order valence-electron chi connectivity index (χ1n) is 6.18. The van der Waals surface area contributed by atoms with E-state index in [1.54, 1.807) is 12.1 Å². The van der Waals surface area contributed by atoms with Crippen LogP contribution in [0.5, 0.6) is 0 Å². The molecule has 2 N–H and O–H groups in total. The molecule has 1 aliphatic rings. The van der Waals surface area contributed by atoms with Crippen LogP contribution in [-0.4, -0.2) is 23.0 Å². The van der Waals surface area contributed by atoms with Crippen molar-refractivity contribution in [3.63, 3.8) is 0 Å². The predicted octanol–water partition coefficient (Wildman–Crippen LogP) is 2.69. The molecular formula is C14H19FN2S. The van der Waals surface area contributed by atoms with E-state index in [1.807, 2.05) is 0 Å². The van der Waals surface area contributed by atoms with Gasteiger partial charge >= 0.3 is 0 Å². The summed E-state index contributed by atoms with van der Waals surface area (Å²) in [5.41, 5.74) is 7.70. The second kappa shape index (κ2) is 4.94. The summed E-state index contributed by atoms with van der Waals surface area (Å²) in [6.07, 6.45) is 1.17. The summed E-state index contributed by atoms with van der Waals surface area (Å²) < 4.78 is 13.3. The molecule has 0 bridgehead atoms. The smallest absolute Gasteiger partial charge is 0.123 e. The van der Waals surface area contributed by atoms with Crippen LogP contribution in [-0.2, 0) is 6.54 Å². The molecule has 0 amide bonds. The SMILES string of the molecule is CC1(C)CCN(Cc2cc(F)ccc2C(N)=S)C1. The predicted molar refractivity (Wildman–Crippen MR) is 76.0 cm³/mol. The first kappa shape index (κ1) is 13.4. The van der Waals surface area contributed by atoms with Crippen molar-refractivity contribution in [1.82, 2.24) is 4.90 Å². The third-order valence-electron chi connectivity index (χ3n) is 3.48. The fourth-order valence-electron chi connectivity index (χ4n) is 2.53. The highest BCUT2D eigenvalue weighted by atomic mass is 32.1. The number of nitrogens with zero attached hydrogens (tertiary/aromatic N) is 1. The highest BCUT2D eigenvalue weighted by Crippen LogP contribution is 2.30. The van der Waals surface area contributed by atoms with Gasteiger partial charge in [-0.1, -0.05) is 26.1 Å². The topological polar surface area (TPSA) is 29.3 Å². The van der Waals surface area contributed by atoms with Crippen LogP contribution in [0.15, 0.2) is 18.2 Å². The van der Waals surface area contributed by atoms with E-state index >= 15 is 0 Å². The van der Waals surface area contributed by atoms with Crippen molar-refractivity contribution >= 4 is 17.2 Å². The Morgan fingerprint density at radius 1 is 1.50 bits per heavy atom. The Morgan fingerprint density at radius 2 is 2.22 bits per heavy atom. The van der Waals surface area contributed by atoms with Crippen LogP contribution in [0.3, 0.4) is 0 Å². The molecule has 1 aliphatic heterocycles. The average molecular weight is 266 g/mol. The lowest BCUT2D eigenvalue weighted by Crippen LogP contribution is -2.24. The zero-order valence-corrected chi connectivity index (χ0v) is 11.7. The van der Waals surface area contributed by atoms with Crippen LogP contribution in [0.1, 0.15) is 31.4 Å². The Labute approximate surface area is 113 Å². The molecule has 0 radical (unpaired) electrons. The van der Waals surface area contributed by atoms with Crippen LogP contribution >= 0.6 is 12.2 Å². The van der Waals surface area contributed by atoms with Gasteiger partial charge in [-0.25, -0.2) is 4.39 Å². The summed E-state index contributed by atoms with van der Waals surface area (Å²) in [6, 6.07) is 4.62. The second-order valence-electron chi connectivity index (χ2n) is 5.79. The molecule has 1 saturated heterocycles. The number of likely N-dealkylation sites (tertiary alicyclic amines) is 1. The quantitative estimate of drug-likeness (QED) is 0.853. The van der Waals surface area contributed by atoms with Crippen molar-refractivity contribution in [2.24, 2.45) is 11.1 Å². The van der Waals surface area contributed by atoms with Crippen LogP contribution < -0.4 is 5.73 Å². The Balaban J connectivity index is 2.18. The van der Waals surface area contributed by atoms with Gasteiger partial charge < -0.3 is 5.73 Å². The highest BCUT2D eigenvalue weighted by Gasteiger charge is 2.29. The number of hydrogen-bond donors (Lipinski definition) is 1. The molecule has 2 nitrogen and oxygen atoms in total. The molecule has 1 heterocycles. The van der Waals surface area contributed by atoms with Gasteiger partial charge in [0.05, 0.1) is 0 Å². The van der Waals surface area contributed by atoms with E-state index in [1.165, 1.54) is 12.5 Å². The maximum absolute atomic E-state index is 13.3. The summed E-state index contributed by atoms with van der Waals surface area (Å²) in [4.78, 5) is 2.67. The van der Waals surface area contributed by atoms with Gasteiger partial charge in [-0.3, -0.25) is 4.90 Å². The van der Waals surface area contributed by atoms with Gasteiger partial charge in [0.15, 0.2) is 0 Å². The fourth-order valence-corrected chi connectivity index (χ4v) is 2.73. The van der Waals surface area contributed by atoms with Gasteiger partial charge in [0.1, 0.15) is 10.8 Å². The maximum Gasteiger partial charge on any atom is 0.123 e. The van der Waals surface area contributed by atoms with E-state index in [9.17, 15) is 4.39 Å². The number of thiocarbonyl (C=S) groups is 1.